The van der Waals surface area contributed by atoms with Gasteiger partial charge in [-0.05, 0) is 39.2 Å². The molecular weight excluding hydrogens is 306 g/mol. The molecule has 0 bridgehead atoms. The Bertz CT molecular complexity index is 568. The van der Waals surface area contributed by atoms with Gasteiger partial charge in [0.05, 0.1) is 0 Å². The topological polar surface area (TPSA) is 68.8 Å². The van der Waals surface area contributed by atoms with Crippen LogP contribution in [0, 0.1) is 0 Å². The third-order valence-corrected chi connectivity index (χ3v) is 4.13. The van der Waals surface area contributed by atoms with Crippen LogP contribution in [0.1, 0.15) is 23.8 Å². The average Bonchev–Trinajstić information content (AvgIpc) is 2.58. The predicted octanol–water partition coefficient (Wildman–Crippen LogP) is 0.432. The van der Waals surface area contributed by atoms with Gasteiger partial charge in [0.25, 0.3) is 5.91 Å². The first-order valence-electron chi connectivity index (χ1n) is 8.37. The summed E-state index contributed by atoms with van der Waals surface area (Å²) in [5, 5.41) is 2.91. The highest BCUT2D eigenvalue weighted by molar-refractivity contribution is 5.93. The van der Waals surface area contributed by atoms with Crippen molar-refractivity contribution in [2.75, 3.05) is 58.3 Å². The van der Waals surface area contributed by atoms with Crippen LogP contribution in [0.25, 0.3) is 0 Å². The highest BCUT2D eigenvalue weighted by atomic mass is 16.2. The Morgan fingerprint density at radius 1 is 1.25 bits per heavy atom. The van der Waals surface area contributed by atoms with Crippen LogP contribution in [-0.2, 0) is 4.79 Å². The largest absolute Gasteiger partial charge is 0.368 e. The van der Waals surface area contributed by atoms with Gasteiger partial charge in [0.1, 0.15) is 5.69 Å². The fourth-order valence-corrected chi connectivity index (χ4v) is 2.71. The standard InChI is InChI=1S/C17H27N5O2/c1-14(23)21-9-11-22(12-10-21)15-5-7-18-16(13-15)17(24)19-6-4-8-20(2)3/h5,7,13H,4,6,8-12H2,1-3H3,(H,19,24). The lowest BCUT2D eigenvalue weighted by atomic mass is 10.2. The van der Waals surface area contributed by atoms with Gasteiger partial charge in [-0.25, -0.2) is 0 Å². The highest BCUT2D eigenvalue weighted by Crippen LogP contribution is 2.17. The van der Waals surface area contributed by atoms with Crippen LogP contribution in [0.4, 0.5) is 5.69 Å². The van der Waals surface area contributed by atoms with Gasteiger partial charge in [0.2, 0.25) is 5.91 Å². The molecule has 1 saturated heterocycles. The van der Waals surface area contributed by atoms with Crippen LogP contribution in [0.3, 0.4) is 0 Å². The molecule has 1 aromatic rings. The van der Waals surface area contributed by atoms with E-state index in [4.69, 9.17) is 0 Å². The lowest BCUT2D eigenvalue weighted by Crippen LogP contribution is -2.48. The first-order chi connectivity index (χ1) is 11.5. The van der Waals surface area contributed by atoms with Crippen molar-refractivity contribution >= 4 is 17.5 Å². The number of hydrogen-bond donors (Lipinski definition) is 1. The molecule has 1 fully saturated rings. The fourth-order valence-electron chi connectivity index (χ4n) is 2.71. The Morgan fingerprint density at radius 2 is 1.96 bits per heavy atom. The van der Waals surface area contributed by atoms with Crippen LogP contribution in [0.2, 0.25) is 0 Å². The minimum Gasteiger partial charge on any atom is -0.368 e. The van der Waals surface area contributed by atoms with Gasteiger partial charge < -0.3 is 20.0 Å². The molecule has 0 radical (unpaired) electrons. The molecule has 0 atom stereocenters. The minimum atomic E-state index is -0.141. The van der Waals surface area contributed by atoms with Crippen molar-refractivity contribution < 1.29 is 9.59 Å². The summed E-state index contributed by atoms with van der Waals surface area (Å²) in [5.41, 5.74) is 1.41. The summed E-state index contributed by atoms with van der Waals surface area (Å²) >= 11 is 0. The van der Waals surface area contributed by atoms with Crippen molar-refractivity contribution in [3.63, 3.8) is 0 Å². The molecule has 0 aromatic carbocycles. The Labute approximate surface area is 143 Å². The van der Waals surface area contributed by atoms with Crippen LogP contribution in [0.5, 0.6) is 0 Å². The quantitative estimate of drug-likeness (QED) is 0.765. The smallest absolute Gasteiger partial charge is 0.269 e. The van der Waals surface area contributed by atoms with E-state index in [0.717, 1.165) is 31.7 Å². The first-order valence-corrected chi connectivity index (χ1v) is 8.37. The van der Waals surface area contributed by atoms with Gasteiger partial charge in [0.15, 0.2) is 0 Å². The van der Waals surface area contributed by atoms with Gasteiger partial charge in [0, 0.05) is 51.5 Å². The van der Waals surface area contributed by atoms with E-state index in [-0.39, 0.29) is 11.8 Å². The van der Waals surface area contributed by atoms with Gasteiger partial charge in [-0.2, -0.15) is 0 Å². The molecule has 1 aromatic heterocycles. The molecule has 1 N–H and O–H groups in total. The highest BCUT2D eigenvalue weighted by Gasteiger charge is 2.19. The second-order valence-electron chi connectivity index (χ2n) is 6.31. The summed E-state index contributed by atoms with van der Waals surface area (Å²) in [6, 6.07) is 3.73. The van der Waals surface area contributed by atoms with Gasteiger partial charge in [-0.1, -0.05) is 0 Å². The molecule has 0 saturated carbocycles. The lowest BCUT2D eigenvalue weighted by Gasteiger charge is -2.35. The third kappa shape index (κ3) is 5.19. The van der Waals surface area contributed by atoms with Crippen molar-refractivity contribution in [2.45, 2.75) is 13.3 Å². The van der Waals surface area contributed by atoms with Gasteiger partial charge in [-0.15, -0.1) is 0 Å². The zero-order chi connectivity index (χ0) is 17.5. The number of anilines is 1. The molecule has 7 nitrogen and oxygen atoms in total. The maximum absolute atomic E-state index is 12.2. The van der Waals surface area contributed by atoms with E-state index in [1.165, 1.54) is 0 Å². The Kier molecular flexibility index (Phi) is 6.54. The van der Waals surface area contributed by atoms with E-state index in [2.05, 4.69) is 20.1 Å². The molecule has 2 amide bonds. The van der Waals surface area contributed by atoms with E-state index in [1.807, 2.05) is 31.1 Å². The number of nitrogens with one attached hydrogen (secondary N) is 1. The van der Waals surface area contributed by atoms with E-state index in [0.29, 0.717) is 25.3 Å². The fraction of sp³-hybridized carbons (Fsp3) is 0.588. The maximum atomic E-state index is 12.2. The zero-order valence-electron chi connectivity index (χ0n) is 14.8. The van der Waals surface area contributed by atoms with Crippen molar-refractivity contribution in [3.05, 3.63) is 24.0 Å². The van der Waals surface area contributed by atoms with E-state index in [9.17, 15) is 9.59 Å². The number of rotatable bonds is 6. The number of pyridine rings is 1. The van der Waals surface area contributed by atoms with Crippen LogP contribution in [0.15, 0.2) is 18.3 Å². The molecule has 132 valence electrons. The first kappa shape index (κ1) is 18.2. The van der Waals surface area contributed by atoms with Crippen molar-refractivity contribution in [1.29, 1.82) is 0 Å². The lowest BCUT2D eigenvalue weighted by molar-refractivity contribution is -0.129. The summed E-state index contributed by atoms with van der Waals surface area (Å²) in [6.45, 7) is 6.14. The SMILES string of the molecule is CC(=O)N1CCN(c2ccnc(C(=O)NCCCN(C)C)c2)CC1. The molecule has 24 heavy (non-hydrogen) atoms. The second-order valence-corrected chi connectivity index (χ2v) is 6.31. The van der Waals surface area contributed by atoms with Crippen LogP contribution >= 0.6 is 0 Å². The van der Waals surface area contributed by atoms with E-state index in [1.54, 1.807) is 13.1 Å². The van der Waals surface area contributed by atoms with Crippen molar-refractivity contribution in [1.82, 2.24) is 20.1 Å². The van der Waals surface area contributed by atoms with Gasteiger partial charge in [-0.3, -0.25) is 14.6 Å². The number of piperazine rings is 1. The van der Waals surface area contributed by atoms with Gasteiger partial charge >= 0.3 is 0 Å². The number of carbonyl (C=O) groups is 2. The van der Waals surface area contributed by atoms with E-state index < -0.39 is 0 Å². The normalized spacial score (nSPS) is 14.8. The average molecular weight is 333 g/mol. The van der Waals surface area contributed by atoms with Crippen LogP contribution in [-0.4, -0.2) is 80.0 Å². The number of hydrogen-bond acceptors (Lipinski definition) is 5. The number of aromatic nitrogens is 1. The molecule has 1 aliphatic heterocycles. The zero-order valence-corrected chi connectivity index (χ0v) is 14.8. The molecule has 2 heterocycles. The molecular formula is C17H27N5O2. The van der Waals surface area contributed by atoms with Crippen molar-refractivity contribution in [2.24, 2.45) is 0 Å². The van der Waals surface area contributed by atoms with Crippen LogP contribution < -0.4 is 10.2 Å². The minimum absolute atomic E-state index is 0.113. The molecule has 0 spiro atoms. The number of nitrogens with zero attached hydrogens (tertiary/aromatic N) is 4. The summed E-state index contributed by atoms with van der Waals surface area (Å²) < 4.78 is 0. The summed E-state index contributed by atoms with van der Waals surface area (Å²) in [5.74, 6) is -0.0276. The maximum Gasteiger partial charge on any atom is 0.269 e. The van der Waals surface area contributed by atoms with Crippen molar-refractivity contribution in [3.8, 4) is 0 Å². The monoisotopic (exact) mass is 333 g/mol. The molecule has 0 unspecified atom stereocenters. The summed E-state index contributed by atoms with van der Waals surface area (Å²) in [7, 11) is 4.03. The van der Waals surface area contributed by atoms with E-state index >= 15 is 0 Å². The number of amides is 2. The molecule has 2 rings (SSSR count). The molecule has 1 aliphatic rings. The Balaban J connectivity index is 1.89. The third-order valence-electron chi connectivity index (χ3n) is 4.13. The molecule has 7 heteroatoms. The Morgan fingerprint density at radius 3 is 2.58 bits per heavy atom. The molecule has 0 aliphatic carbocycles. The second kappa shape index (κ2) is 8.63. The summed E-state index contributed by atoms with van der Waals surface area (Å²) in [4.78, 5) is 33.9. The number of carbonyl (C=O) groups excluding carboxylic acids is 2. The Hall–Kier alpha value is -2.15. The summed E-state index contributed by atoms with van der Waals surface area (Å²) in [6.07, 6.45) is 2.58. The predicted molar refractivity (Wildman–Crippen MR) is 94.2 cm³/mol.